The standard InChI is InChI=1S/C24H29N5OS/c1-4-7-20-26-27-24-29(20)28-21(18-12-8-16(5-2)9-13-18)22(31-24)23(30)25-19-14-10-17(6-3)11-15-19/h8-15,21-22,28H,4-7H2,1-3H3,(H,25,30). The lowest BCUT2D eigenvalue weighted by Crippen LogP contribution is -2.41. The van der Waals surface area contributed by atoms with E-state index in [0.29, 0.717) is 0 Å². The van der Waals surface area contributed by atoms with E-state index < -0.39 is 0 Å². The molecule has 2 atom stereocenters. The van der Waals surface area contributed by atoms with Crippen molar-refractivity contribution in [2.24, 2.45) is 0 Å². The molecule has 2 unspecified atom stereocenters. The summed E-state index contributed by atoms with van der Waals surface area (Å²) in [5, 5.41) is 12.1. The van der Waals surface area contributed by atoms with Gasteiger partial charge >= 0.3 is 0 Å². The van der Waals surface area contributed by atoms with Crippen molar-refractivity contribution < 1.29 is 4.79 Å². The number of benzene rings is 2. The van der Waals surface area contributed by atoms with Gasteiger partial charge in [-0.25, -0.2) is 4.68 Å². The van der Waals surface area contributed by atoms with Crippen molar-refractivity contribution in [2.75, 3.05) is 10.7 Å². The second-order valence-corrected chi connectivity index (χ2v) is 8.87. The van der Waals surface area contributed by atoms with Gasteiger partial charge in [-0.1, -0.05) is 68.9 Å². The van der Waals surface area contributed by atoms with E-state index in [1.165, 1.54) is 22.9 Å². The number of thioether (sulfide) groups is 1. The van der Waals surface area contributed by atoms with Gasteiger partial charge in [-0.15, -0.1) is 10.2 Å². The Kier molecular flexibility index (Phi) is 6.61. The number of hydrogen-bond donors (Lipinski definition) is 2. The number of amides is 1. The fourth-order valence-corrected chi connectivity index (χ4v) is 4.83. The second-order valence-electron chi connectivity index (χ2n) is 7.76. The quantitative estimate of drug-likeness (QED) is 0.560. The van der Waals surface area contributed by atoms with Gasteiger partial charge in [-0.3, -0.25) is 4.79 Å². The molecule has 0 bridgehead atoms. The van der Waals surface area contributed by atoms with Crippen LogP contribution in [-0.4, -0.2) is 26.0 Å². The van der Waals surface area contributed by atoms with Gasteiger partial charge in [0.15, 0.2) is 5.82 Å². The molecule has 6 nitrogen and oxygen atoms in total. The Hall–Kier alpha value is -2.80. The first-order valence-corrected chi connectivity index (χ1v) is 11.9. The summed E-state index contributed by atoms with van der Waals surface area (Å²) in [7, 11) is 0. The number of hydrogen-bond acceptors (Lipinski definition) is 5. The maximum Gasteiger partial charge on any atom is 0.240 e. The monoisotopic (exact) mass is 435 g/mol. The van der Waals surface area contributed by atoms with E-state index in [4.69, 9.17) is 0 Å². The molecule has 0 fully saturated rings. The van der Waals surface area contributed by atoms with E-state index in [9.17, 15) is 4.79 Å². The van der Waals surface area contributed by atoms with Crippen molar-refractivity contribution in [1.82, 2.24) is 14.9 Å². The summed E-state index contributed by atoms with van der Waals surface area (Å²) in [5.41, 5.74) is 7.94. The normalized spacial score (nSPS) is 17.6. The summed E-state index contributed by atoms with van der Waals surface area (Å²) < 4.78 is 1.95. The molecule has 0 saturated heterocycles. The first-order chi connectivity index (χ1) is 15.1. The fourth-order valence-electron chi connectivity index (χ4n) is 3.73. The van der Waals surface area contributed by atoms with Crippen molar-refractivity contribution in [3.05, 3.63) is 71.0 Å². The van der Waals surface area contributed by atoms with Crippen molar-refractivity contribution in [2.45, 2.75) is 62.9 Å². The minimum atomic E-state index is -0.371. The Bertz CT molecular complexity index is 1030. The molecule has 4 rings (SSSR count). The number of anilines is 1. The number of nitrogens with zero attached hydrogens (tertiary/aromatic N) is 3. The predicted octanol–water partition coefficient (Wildman–Crippen LogP) is 4.75. The average Bonchev–Trinajstić information content (AvgIpc) is 3.21. The highest BCUT2D eigenvalue weighted by molar-refractivity contribution is 8.00. The Labute approximate surface area is 187 Å². The van der Waals surface area contributed by atoms with Crippen LogP contribution in [0.2, 0.25) is 0 Å². The molecular weight excluding hydrogens is 406 g/mol. The van der Waals surface area contributed by atoms with Crippen LogP contribution >= 0.6 is 11.8 Å². The van der Waals surface area contributed by atoms with Crippen LogP contribution in [0.5, 0.6) is 0 Å². The fraction of sp³-hybridized carbons (Fsp3) is 0.375. The molecule has 0 aliphatic carbocycles. The SMILES string of the molecule is CCCc1nnc2n1NC(c1ccc(CC)cc1)C(C(=O)Nc1ccc(CC)cc1)S2. The van der Waals surface area contributed by atoms with E-state index in [-0.39, 0.29) is 17.2 Å². The van der Waals surface area contributed by atoms with Crippen molar-refractivity contribution in [1.29, 1.82) is 0 Å². The van der Waals surface area contributed by atoms with Crippen molar-refractivity contribution in [3.63, 3.8) is 0 Å². The maximum absolute atomic E-state index is 13.3. The van der Waals surface area contributed by atoms with Crippen LogP contribution in [0.4, 0.5) is 5.69 Å². The molecule has 0 saturated carbocycles. The highest BCUT2D eigenvalue weighted by atomic mass is 32.2. The minimum absolute atomic E-state index is 0.0439. The number of carbonyl (C=O) groups excluding carboxylic acids is 1. The Balaban J connectivity index is 1.63. The highest BCUT2D eigenvalue weighted by Gasteiger charge is 2.37. The van der Waals surface area contributed by atoms with Crippen LogP contribution in [0.3, 0.4) is 0 Å². The Morgan fingerprint density at radius 2 is 1.65 bits per heavy atom. The van der Waals surface area contributed by atoms with E-state index in [2.05, 4.69) is 78.1 Å². The van der Waals surface area contributed by atoms with E-state index in [0.717, 1.165) is 47.9 Å². The lowest BCUT2D eigenvalue weighted by atomic mass is 10.0. The van der Waals surface area contributed by atoms with Crippen LogP contribution in [0.1, 0.15) is 55.7 Å². The third-order valence-corrected chi connectivity index (χ3v) is 6.83. The third-order valence-electron chi connectivity index (χ3n) is 5.61. The number of fused-ring (bicyclic) bond motifs is 1. The zero-order chi connectivity index (χ0) is 21.8. The molecule has 0 spiro atoms. The van der Waals surface area contributed by atoms with Crippen LogP contribution in [-0.2, 0) is 24.1 Å². The number of nitrogens with one attached hydrogen (secondary N) is 2. The number of rotatable bonds is 7. The molecule has 1 aliphatic heterocycles. The lowest BCUT2D eigenvalue weighted by molar-refractivity contribution is -0.116. The van der Waals surface area contributed by atoms with Gasteiger partial charge in [-0.2, -0.15) is 0 Å². The predicted molar refractivity (Wildman–Crippen MR) is 126 cm³/mol. The molecule has 1 aromatic heterocycles. The lowest BCUT2D eigenvalue weighted by Gasteiger charge is -2.33. The van der Waals surface area contributed by atoms with E-state index >= 15 is 0 Å². The molecule has 0 radical (unpaired) electrons. The first kappa shape index (κ1) is 21.4. The van der Waals surface area contributed by atoms with Gasteiger partial charge in [0.2, 0.25) is 11.1 Å². The Morgan fingerprint density at radius 1 is 1.00 bits per heavy atom. The van der Waals surface area contributed by atoms with Crippen molar-refractivity contribution in [3.8, 4) is 0 Å². The highest BCUT2D eigenvalue weighted by Crippen LogP contribution is 2.37. The minimum Gasteiger partial charge on any atom is -0.325 e. The molecule has 1 aliphatic rings. The van der Waals surface area contributed by atoms with E-state index in [1.807, 2.05) is 16.8 Å². The Morgan fingerprint density at radius 3 is 2.26 bits per heavy atom. The van der Waals surface area contributed by atoms with Crippen molar-refractivity contribution >= 4 is 23.4 Å². The largest absolute Gasteiger partial charge is 0.325 e. The summed E-state index contributed by atoms with van der Waals surface area (Å²) in [6.07, 6.45) is 3.78. The molecule has 31 heavy (non-hydrogen) atoms. The maximum atomic E-state index is 13.3. The summed E-state index contributed by atoms with van der Waals surface area (Å²) in [4.78, 5) is 13.3. The summed E-state index contributed by atoms with van der Waals surface area (Å²) in [5.74, 6) is 0.854. The van der Waals surface area contributed by atoms with Gasteiger partial charge < -0.3 is 10.7 Å². The summed E-state index contributed by atoms with van der Waals surface area (Å²) in [6, 6.07) is 16.3. The van der Waals surface area contributed by atoms with E-state index in [1.54, 1.807) is 0 Å². The van der Waals surface area contributed by atoms with Gasteiger partial charge in [0.05, 0.1) is 6.04 Å². The summed E-state index contributed by atoms with van der Waals surface area (Å²) in [6.45, 7) is 6.39. The molecular formula is C24H29N5OS. The van der Waals surface area contributed by atoms with Gasteiger partial charge in [0.1, 0.15) is 5.25 Å². The number of aromatic nitrogens is 3. The second kappa shape index (κ2) is 9.56. The zero-order valence-electron chi connectivity index (χ0n) is 18.3. The smallest absolute Gasteiger partial charge is 0.240 e. The summed E-state index contributed by atoms with van der Waals surface area (Å²) >= 11 is 1.47. The van der Waals surface area contributed by atoms with Gasteiger partial charge in [0.25, 0.3) is 0 Å². The van der Waals surface area contributed by atoms with Gasteiger partial charge in [0, 0.05) is 12.1 Å². The molecule has 2 N–H and O–H groups in total. The number of carbonyl (C=O) groups is 1. The first-order valence-electron chi connectivity index (χ1n) is 11.0. The molecule has 2 aromatic carbocycles. The van der Waals surface area contributed by atoms with Crippen LogP contribution in [0.25, 0.3) is 0 Å². The molecule has 2 heterocycles. The zero-order valence-corrected chi connectivity index (χ0v) is 19.1. The van der Waals surface area contributed by atoms with Gasteiger partial charge in [-0.05, 0) is 48.1 Å². The molecule has 7 heteroatoms. The van der Waals surface area contributed by atoms with Crippen LogP contribution < -0.4 is 10.7 Å². The average molecular weight is 436 g/mol. The third kappa shape index (κ3) is 4.61. The van der Waals surface area contributed by atoms with Crippen LogP contribution in [0.15, 0.2) is 53.7 Å². The molecule has 3 aromatic rings. The topological polar surface area (TPSA) is 71.8 Å². The molecule has 162 valence electrons. The molecule has 1 amide bonds. The van der Waals surface area contributed by atoms with Crippen LogP contribution in [0, 0.1) is 0 Å². The number of aryl methyl sites for hydroxylation is 3.